The highest BCUT2D eigenvalue weighted by Gasteiger charge is 2.29. The molecule has 3 N–H and O–H groups in total. The molecule has 0 spiro atoms. The summed E-state index contributed by atoms with van der Waals surface area (Å²) in [4.78, 5) is 16.8. The number of hydrazone groups is 1. The molecule has 1 heterocycles. The lowest BCUT2D eigenvalue weighted by Crippen LogP contribution is -2.08. The van der Waals surface area contributed by atoms with Crippen molar-refractivity contribution in [1.29, 1.82) is 0 Å². The molecule has 2 rings (SSSR count). The smallest absolute Gasteiger partial charge is 0.416 e. The van der Waals surface area contributed by atoms with Gasteiger partial charge >= 0.3 is 6.18 Å². The summed E-state index contributed by atoms with van der Waals surface area (Å²) in [6.45, 7) is 0. The van der Waals surface area contributed by atoms with Crippen LogP contribution in [0.25, 0.3) is 0 Å². The highest BCUT2D eigenvalue weighted by atomic mass is 19.4. The summed E-state index contributed by atoms with van der Waals surface area (Å²) < 4.78 is 37.1. The molecular formula is C12H9F3N4O2. The van der Waals surface area contributed by atoms with Gasteiger partial charge in [-0.2, -0.15) is 23.3 Å². The lowest BCUT2D eigenvalue weighted by Gasteiger charge is -2.05. The topological polar surface area (TPSA) is 90.4 Å². The van der Waals surface area contributed by atoms with Crippen molar-refractivity contribution in [3.63, 3.8) is 0 Å². The minimum Gasteiger partial charge on any atom is -0.493 e. The molecule has 0 saturated heterocycles. The van der Waals surface area contributed by atoms with Crippen LogP contribution in [0.1, 0.15) is 11.1 Å². The zero-order valence-corrected chi connectivity index (χ0v) is 10.3. The van der Waals surface area contributed by atoms with Gasteiger partial charge in [-0.15, -0.1) is 0 Å². The molecule has 0 aliphatic rings. The molecule has 110 valence electrons. The summed E-state index contributed by atoms with van der Waals surface area (Å²) in [6, 6.07) is 5.22. The highest BCUT2D eigenvalue weighted by molar-refractivity contribution is 5.80. The first kappa shape index (κ1) is 14.6. The standard InChI is InChI=1S/C12H9F3N4O2/c13-12(14,15)8-3-1-7(2-4-8)6-16-19-11-17-9(20)5-10(21)18-11/h1-6H,(H3,17,18,19,20,21)/b16-6+. The molecule has 0 fully saturated rings. The minimum atomic E-state index is -4.39. The van der Waals surface area contributed by atoms with Crippen LogP contribution in [0.5, 0.6) is 5.88 Å². The van der Waals surface area contributed by atoms with Gasteiger partial charge in [-0.25, -0.2) is 5.43 Å². The van der Waals surface area contributed by atoms with E-state index in [4.69, 9.17) is 5.11 Å². The fourth-order valence-corrected chi connectivity index (χ4v) is 1.42. The Morgan fingerprint density at radius 3 is 2.52 bits per heavy atom. The SMILES string of the molecule is O=c1cc(O)nc(N/N=C/c2ccc(C(F)(F)F)cc2)[nH]1. The van der Waals surface area contributed by atoms with Crippen molar-refractivity contribution in [3.05, 3.63) is 51.8 Å². The number of aromatic hydroxyl groups is 1. The van der Waals surface area contributed by atoms with E-state index in [1.54, 1.807) is 0 Å². The van der Waals surface area contributed by atoms with Gasteiger partial charge in [0.25, 0.3) is 5.56 Å². The molecule has 0 saturated carbocycles. The third kappa shape index (κ3) is 4.06. The van der Waals surface area contributed by atoms with Crippen LogP contribution in [0.4, 0.5) is 19.1 Å². The zero-order chi connectivity index (χ0) is 15.5. The summed E-state index contributed by atoms with van der Waals surface area (Å²) in [5, 5.41) is 12.8. The second-order valence-corrected chi connectivity index (χ2v) is 3.94. The van der Waals surface area contributed by atoms with Crippen molar-refractivity contribution < 1.29 is 18.3 Å². The Balaban J connectivity index is 2.06. The first-order valence-electron chi connectivity index (χ1n) is 5.61. The van der Waals surface area contributed by atoms with Crippen LogP contribution in [0, 0.1) is 0 Å². The Morgan fingerprint density at radius 1 is 1.29 bits per heavy atom. The number of hydrogen-bond donors (Lipinski definition) is 3. The molecule has 0 atom stereocenters. The van der Waals surface area contributed by atoms with Crippen LogP contribution in [-0.2, 0) is 6.18 Å². The maximum atomic E-state index is 12.4. The molecule has 0 bridgehead atoms. The van der Waals surface area contributed by atoms with Gasteiger partial charge in [0.05, 0.1) is 17.8 Å². The van der Waals surface area contributed by atoms with Crippen molar-refractivity contribution in [1.82, 2.24) is 9.97 Å². The third-order valence-corrected chi connectivity index (χ3v) is 2.35. The van der Waals surface area contributed by atoms with Gasteiger partial charge in [0, 0.05) is 0 Å². The molecule has 1 aromatic heterocycles. The summed E-state index contributed by atoms with van der Waals surface area (Å²) >= 11 is 0. The predicted molar refractivity (Wildman–Crippen MR) is 69.2 cm³/mol. The number of nitrogens with zero attached hydrogens (tertiary/aromatic N) is 2. The molecule has 0 aliphatic heterocycles. The Morgan fingerprint density at radius 2 is 1.95 bits per heavy atom. The van der Waals surface area contributed by atoms with Crippen LogP contribution >= 0.6 is 0 Å². The molecule has 0 amide bonds. The minimum absolute atomic E-state index is 0.0943. The zero-order valence-electron chi connectivity index (χ0n) is 10.3. The number of rotatable bonds is 3. The second-order valence-electron chi connectivity index (χ2n) is 3.94. The first-order valence-corrected chi connectivity index (χ1v) is 5.61. The normalized spacial score (nSPS) is 11.8. The summed E-state index contributed by atoms with van der Waals surface area (Å²) in [5.74, 6) is -0.575. The third-order valence-electron chi connectivity index (χ3n) is 2.35. The quantitative estimate of drug-likeness (QED) is 0.596. The van der Waals surface area contributed by atoms with Crippen LogP contribution < -0.4 is 11.0 Å². The van der Waals surface area contributed by atoms with E-state index in [0.717, 1.165) is 18.2 Å². The van der Waals surface area contributed by atoms with Gasteiger partial charge in [-0.3, -0.25) is 9.78 Å². The van der Waals surface area contributed by atoms with Crippen LogP contribution in [0.3, 0.4) is 0 Å². The predicted octanol–water partition coefficient (Wildman–Crippen LogP) is 1.94. The largest absolute Gasteiger partial charge is 0.493 e. The van der Waals surface area contributed by atoms with Crippen LogP contribution in [0.15, 0.2) is 40.2 Å². The molecular weight excluding hydrogens is 289 g/mol. The average molecular weight is 298 g/mol. The molecule has 0 radical (unpaired) electrons. The molecule has 6 nitrogen and oxygen atoms in total. The van der Waals surface area contributed by atoms with Gasteiger partial charge < -0.3 is 5.11 Å². The Hall–Kier alpha value is -2.84. The van der Waals surface area contributed by atoms with Crippen molar-refractivity contribution in [2.45, 2.75) is 6.18 Å². The molecule has 1 aromatic carbocycles. The number of benzene rings is 1. The van der Waals surface area contributed by atoms with Crippen molar-refractivity contribution in [2.75, 3.05) is 5.43 Å². The van der Waals surface area contributed by atoms with Gasteiger partial charge in [-0.05, 0) is 17.7 Å². The Labute approximate surface area is 116 Å². The molecule has 0 unspecified atom stereocenters. The van der Waals surface area contributed by atoms with E-state index in [-0.39, 0.29) is 5.95 Å². The number of H-pyrrole nitrogens is 1. The second kappa shape index (κ2) is 5.65. The lowest BCUT2D eigenvalue weighted by molar-refractivity contribution is -0.137. The maximum Gasteiger partial charge on any atom is 0.416 e. The van der Waals surface area contributed by atoms with Gasteiger partial charge in [-0.1, -0.05) is 12.1 Å². The molecule has 9 heteroatoms. The number of alkyl halides is 3. The lowest BCUT2D eigenvalue weighted by atomic mass is 10.1. The van der Waals surface area contributed by atoms with E-state index in [1.807, 2.05) is 0 Å². The number of hydrogen-bond acceptors (Lipinski definition) is 5. The number of aromatic nitrogens is 2. The Bertz CT molecular complexity index is 708. The van der Waals surface area contributed by atoms with E-state index in [1.165, 1.54) is 18.3 Å². The maximum absolute atomic E-state index is 12.4. The fraction of sp³-hybridized carbons (Fsp3) is 0.0833. The summed E-state index contributed by atoms with van der Waals surface area (Å²) in [6.07, 6.45) is -3.15. The van der Waals surface area contributed by atoms with E-state index in [2.05, 4.69) is 20.5 Å². The fourth-order valence-electron chi connectivity index (χ4n) is 1.42. The van der Waals surface area contributed by atoms with Gasteiger partial charge in [0.2, 0.25) is 11.8 Å². The van der Waals surface area contributed by atoms with Crippen LogP contribution in [-0.4, -0.2) is 21.3 Å². The average Bonchev–Trinajstić information content (AvgIpc) is 2.37. The van der Waals surface area contributed by atoms with Crippen molar-refractivity contribution in [2.24, 2.45) is 5.10 Å². The number of halogens is 3. The monoisotopic (exact) mass is 298 g/mol. The Kier molecular flexibility index (Phi) is 3.92. The van der Waals surface area contributed by atoms with E-state index in [0.29, 0.717) is 5.56 Å². The molecule has 21 heavy (non-hydrogen) atoms. The molecule has 2 aromatic rings. The number of anilines is 1. The summed E-state index contributed by atoms with van der Waals surface area (Å²) in [5.41, 5.74) is 1.42. The molecule has 0 aliphatic carbocycles. The number of nitrogens with one attached hydrogen (secondary N) is 2. The highest BCUT2D eigenvalue weighted by Crippen LogP contribution is 2.28. The van der Waals surface area contributed by atoms with Crippen molar-refractivity contribution in [3.8, 4) is 5.88 Å². The van der Waals surface area contributed by atoms with Crippen molar-refractivity contribution >= 4 is 12.2 Å². The van der Waals surface area contributed by atoms with Gasteiger partial charge in [0.1, 0.15) is 0 Å². The summed E-state index contributed by atoms with van der Waals surface area (Å²) in [7, 11) is 0. The number of aromatic amines is 1. The first-order chi connectivity index (χ1) is 9.84. The van der Waals surface area contributed by atoms with E-state index >= 15 is 0 Å². The van der Waals surface area contributed by atoms with E-state index in [9.17, 15) is 18.0 Å². The van der Waals surface area contributed by atoms with Crippen LogP contribution in [0.2, 0.25) is 0 Å². The van der Waals surface area contributed by atoms with Gasteiger partial charge in [0.15, 0.2) is 0 Å². The van der Waals surface area contributed by atoms with E-state index < -0.39 is 23.2 Å².